The van der Waals surface area contributed by atoms with Gasteiger partial charge in [0.25, 0.3) is 0 Å². The number of thiophene rings is 4. The molecule has 1 aliphatic heterocycles. The van der Waals surface area contributed by atoms with Gasteiger partial charge in [-0.1, -0.05) is 67.5 Å². The van der Waals surface area contributed by atoms with Gasteiger partial charge in [0, 0.05) is 65.5 Å². The number of hydrogen-bond donors (Lipinski definition) is 1. The van der Waals surface area contributed by atoms with E-state index in [9.17, 15) is 0 Å². The van der Waals surface area contributed by atoms with E-state index in [1.807, 2.05) is 59.6 Å². The van der Waals surface area contributed by atoms with Crippen molar-refractivity contribution in [3.8, 4) is 53.3 Å². The van der Waals surface area contributed by atoms with Crippen molar-refractivity contribution in [1.82, 2.24) is 0 Å². The Labute approximate surface area is 440 Å². The van der Waals surface area contributed by atoms with Crippen molar-refractivity contribution in [1.29, 1.82) is 0 Å². The van der Waals surface area contributed by atoms with Crippen LogP contribution in [0.25, 0.3) is 63.3 Å². The molecule has 68 heavy (non-hydrogen) atoms. The molecule has 1 radical (unpaired) electrons. The number of ether oxygens (including phenoxy) is 3. The number of hydrogen-bond acceptors (Lipinski definition) is 9. The van der Waals surface area contributed by atoms with E-state index < -0.39 is 0 Å². The predicted octanol–water partition coefficient (Wildman–Crippen LogP) is 18.3. The molecular weight excluding hydrogens is 1070 g/mol. The zero-order valence-corrected chi connectivity index (χ0v) is 48.0. The molecule has 0 saturated carbocycles. The van der Waals surface area contributed by atoms with Crippen LogP contribution in [0.2, 0.25) is 0 Å². The molecule has 8 aromatic rings. The first-order valence-electron chi connectivity index (χ1n) is 23.0. The van der Waals surface area contributed by atoms with Gasteiger partial charge < -0.3 is 14.2 Å². The predicted molar refractivity (Wildman–Crippen MR) is 305 cm³/mol. The van der Waals surface area contributed by atoms with Crippen LogP contribution < -0.4 is 9.47 Å². The van der Waals surface area contributed by atoms with Crippen LogP contribution in [-0.4, -0.2) is 35.1 Å². The second-order valence-corrected chi connectivity index (χ2v) is 27.5. The Bertz CT molecular complexity index is 3390. The van der Waals surface area contributed by atoms with Gasteiger partial charge in [0.15, 0.2) is 0 Å². The number of benzene rings is 4. The quantitative estimate of drug-likeness (QED) is 0.139. The number of fused-ring (bicyclic) bond motifs is 18. The second-order valence-electron chi connectivity index (χ2n) is 20.6. The number of aryl methyl sites for hydroxylation is 2. The molecule has 4 aromatic carbocycles. The fourth-order valence-electron chi connectivity index (χ4n) is 12.3. The Hall–Kier alpha value is -3.07. The molecule has 1 fully saturated rings. The first-order chi connectivity index (χ1) is 32.3. The van der Waals surface area contributed by atoms with E-state index in [4.69, 9.17) is 14.2 Å². The van der Waals surface area contributed by atoms with Gasteiger partial charge >= 0.3 is 24.8 Å². The minimum atomic E-state index is -0.0722. The first kappa shape index (κ1) is 48.6. The zero-order chi connectivity index (χ0) is 48.6. The molecule has 0 bridgehead atoms. The number of methoxy groups -OCH3 is 2. The van der Waals surface area contributed by atoms with Crippen LogP contribution in [0.4, 0.5) is 0 Å². The topological polar surface area (TPSA) is 40.0 Å². The van der Waals surface area contributed by atoms with Crippen molar-refractivity contribution >= 4 is 119 Å². The number of rotatable bonds is 2. The summed E-state index contributed by atoms with van der Waals surface area (Å²) in [5.41, 5.74) is 19.5. The van der Waals surface area contributed by atoms with Crippen molar-refractivity contribution < 1.29 is 14.2 Å². The zero-order valence-electron chi connectivity index (χ0n) is 40.7. The SMILES string of the molecule is C1CCOC1.COc1cc2c3c(c(C)cc2c2c1-c1sc(Br)cc1C2(C)C)-c1sc(Br)cc1C3(C)C.COc1cc2c3c(c(C)cc2c2c1-c1sccc1C2(C)C)-c1sccc1C3(C)C.[B]=NS. The van der Waals surface area contributed by atoms with Crippen molar-refractivity contribution in [2.45, 2.75) is 104 Å². The van der Waals surface area contributed by atoms with E-state index in [1.165, 1.54) is 139 Å². The average molecular weight is 1120 g/mol. The van der Waals surface area contributed by atoms with Gasteiger partial charge in [-0.05, 0) is 194 Å². The molecule has 0 N–H and O–H groups in total. The monoisotopic (exact) mass is 1120 g/mol. The van der Waals surface area contributed by atoms with Crippen molar-refractivity contribution in [2.24, 2.45) is 4.30 Å². The molecule has 0 spiro atoms. The number of thiol groups is 1. The van der Waals surface area contributed by atoms with Crippen LogP contribution in [0.15, 0.2) is 71.2 Å². The number of halogens is 2. The molecule has 13 rings (SSSR count). The van der Waals surface area contributed by atoms with E-state index in [0.29, 0.717) is 0 Å². The van der Waals surface area contributed by atoms with Gasteiger partial charge in [0.1, 0.15) is 11.5 Å². The molecule has 12 heteroatoms. The van der Waals surface area contributed by atoms with Crippen molar-refractivity contribution in [3.63, 3.8) is 0 Å². The van der Waals surface area contributed by atoms with Crippen molar-refractivity contribution in [3.05, 3.63) is 122 Å². The van der Waals surface area contributed by atoms with Gasteiger partial charge in [-0.3, -0.25) is 0 Å². The molecular formula is C56H55BBr2NO3S5. The molecule has 0 unspecified atom stereocenters. The van der Waals surface area contributed by atoms with Crippen LogP contribution in [0.3, 0.4) is 0 Å². The molecule has 349 valence electrons. The normalized spacial score (nSPS) is 17.0. The Morgan fingerprint density at radius 3 is 1.28 bits per heavy atom. The van der Waals surface area contributed by atoms with Gasteiger partial charge in [-0.15, -0.1) is 45.3 Å². The summed E-state index contributed by atoms with van der Waals surface area (Å²) in [6.45, 7) is 25.5. The molecule has 4 aliphatic carbocycles. The molecule has 0 atom stereocenters. The Balaban J connectivity index is 0.000000137. The molecule has 4 aromatic heterocycles. The molecule has 0 amide bonds. The summed E-state index contributed by atoms with van der Waals surface area (Å²) in [5, 5.41) is 9.92. The third kappa shape index (κ3) is 6.98. The number of nitrogens with zero attached hydrogens (tertiary/aromatic N) is 1. The van der Waals surface area contributed by atoms with Crippen LogP contribution in [0.5, 0.6) is 11.5 Å². The van der Waals surface area contributed by atoms with E-state index in [0.717, 1.165) is 24.7 Å². The summed E-state index contributed by atoms with van der Waals surface area (Å²) in [6.07, 6.45) is 2.56. The van der Waals surface area contributed by atoms with Crippen LogP contribution in [0, 0.1) is 13.8 Å². The fourth-order valence-corrected chi connectivity index (χ4v) is 18.3. The van der Waals surface area contributed by atoms with Crippen molar-refractivity contribution in [2.75, 3.05) is 27.4 Å². The van der Waals surface area contributed by atoms with Gasteiger partial charge in [-0.2, -0.15) is 0 Å². The third-order valence-electron chi connectivity index (χ3n) is 15.3. The third-order valence-corrected chi connectivity index (χ3v) is 20.5. The summed E-state index contributed by atoms with van der Waals surface area (Å²) in [6, 6.07) is 18.7. The van der Waals surface area contributed by atoms with E-state index >= 15 is 0 Å². The Morgan fingerprint density at radius 2 is 0.882 bits per heavy atom. The Kier molecular flexibility index (Phi) is 12.4. The van der Waals surface area contributed by atoms with Crippen LogP contribution in [-0.2, 0) is 26.4 Å². The van der Waals surface area contributed by atoms with Crippen LogP contribution in [0.1, 0.15) is 124 Å². The average Bonchev–Trinajstić information content (AvgIpc) is 4.15. The standard InChI is InChI=1S/C26H22Br2OS2.C26H24OS2.C4H8O.BHNS/c1-11-7-12-13(21-19(11)23-14(25(21,2)3)9-17(27)30-23)8-16(29-6)20-22(12)26(4,5)15-10-18(28)31-24(15)20;1-13-11-14-15(21-19(13)23-16(7-9-28-23)25(21,2)3)12-18(27-6)20-22(14)26(4,5)17-8-10-29-24(17)20;1-2-4-5-3-1;1-2-3/h7-10H,1-6H3;7-12H,1-6H3;1-4H2;3H. The first-order valence-corrected chi connectivity index (χ1v) is 28.4. The van der Waals surface area contributed by atoms with Gasteiger partial charge in [0.05, 0.1) is 21.8 Å². The van der Waals surface area contributed by atoms with E-state index in [2.05, 4.69) is 185 Å². The summed E-state index contributed by atoms with van der Waals surface area (Å²) in [4.78, 5) is 5.57. The Morgan fingerprint density at radius 1 is 0.544 bits per heavy atom. The summed E-state index contributed by atoms with van der Waals surface area (Å²) in [7, 11) is 7.96. The van der Waals surface area contributed by atoms with E-state index in [1.54, 1.807) is 0 Å². The fraction of sp³-hybridized carbons (Fsp3) is 0.357. The summed E-state index contributed by atoms with van der Waals surface area (Å²) < 4.78 is 22.1. The molecule has 1 saturated heterocycles. The van der Waals surface area contributed by atoms with Gasteiger partial charge in [-0.25, -0.2) is 0 Å². The van der Waals surface area contributed by atoms with Crippen LogP contribution >= 0.6 is 90.0 Å². The minimum absolute atomic E-state index is 0.00173. The molecule has 5 heterocycles. The second kappa shape index (κ2) is 17.3. The van der Waals surface area contributed by atoms with Gasteiger partial charge in [0.2, 0.25) is 0 Å². The summed E-state index contributed by atoms with van der Waals surface area (Å²) >= 11 is 18.0. The van der Waals surface area contributed by atoms with E-state index in [-0.39, 0.29) is 21.7 Å². The maximum atomic E-state index is 6.05. The maximum absolute atomic E-state index is 6.05. The summed E-state index contributed by atoms with van der Waals surface area (Å²) in [5.74, 6) is 2.00. The molecule has 4 nitrogen and oxygen atoms in total. The molecule has 5 aliphatic rings.